The Balaban J connectivity index is 1.98. The summed E-state index contributed by atoms with van der Waals surface area (Å²) in [5, 5.41) is 3.78. The van der Waals surface area contributed by atoms with Crippen LogP contribution in [0.15, 0.2) is 0 Å². The highest BCUT2D eigenvalue weighted by atomic mass is 32.2. The van der Waals surface area contributed by atoms with Crippen molar-refractivity contribution in [3.8, 4) is 0 Å². The zero-order valence-corrected chi connectivity index (χ0v) is 13.8. The summed E-state index contributed by atoms with van der Waals surface area (Å²) >= 11 is 2.02. The highest BCUT2D eigenvalue weighted by Crippen LogP contribution is 2.36. The molecule has 2 fully saturated rings. The third-order valence-electron chi connectivity index (χ3n) is 4.97. The lowest BCUT2D eigenvalue weighted by molar-refractivity contribution is -0.00478. The Labute approximate surface area is 124 Å². The van der Waals surface area contributed by atoms with E-state index in [2.05, 4.69) is 30.3 Å². The van der Waals surface area contributed by atoms with E-state index in [1.165, 1.54) is 57.2 Å². The average Bonchev–Trinajstić information content (AvgIpc) is 2.41. The summed E-state index contributed by atoms with van der Waals surface area (Å²) in [6.07, 6.45) is 12.0. The van der Waals surface area contributed by atoms with Crippen LogP contribution in [0.4, 0.5) is 0 Å². The van der Waals surface area contributed by atoms with Crippen molar-refractivity contribution in [1.29, 1.82) is 0 Å². The van der Waals surface area contributed by atoms with Crippen LogP contribution in [0, 0.1) is 0 Å². The Bertz CT molecular complexity index is 245. The third-order valence-corrected chi connectivity index (χ3v) is 5.68. The lowest BCUT2D eigenvalue weighted by Gasteiger charge is -2.52. The Morgan fingerprint density at radius 2 is 1.89 bits per heavy atom. The molecule has 0 radical (unpaired) electrons. The number of fused-ring (bicyclic) bond motifs is 2. The first-order valence-electron chi connectivity index (χ1n) is 8.29. The molecule has 3 heteroatoms. The number of rotatable bonds is 7. The third kappa shape index (κ3) is 3.89. The minimum absolute atomic E-state index is 0.790. The summed E-state index contributed by atoms with van der Waals surface area (Å²) in [7, 11) is 0. The summed E-state index contributed by atoms with van der Waals surface area (Å²) < 4.78 is 0. The van der Waals surface area contributed by atoms with E-state index in [9.17, 15) is 0 Å². The second-order valence-corrected chi connectivity index (χ2v) is 7.24. The molecule has 2 aliphatic heterocycles. The molecule has 2 aliphatic rings. The topological polar surface area (TPSA) is 15.3 Å². The summed E-state index contributed by atoms with van der Waals surface area (Å²) in [4.78, 5) is 2.92. The van der Waals surface area contributed by atoms with Crippen molar-refractivity contribution in [3.05, 3.63) is 0 Å². The van der Waals surface area contributed by atoms with Crippen molar-refractivity contribution in [3.63, 3.8) is 0 Å². The molecule has 0 saturated carbocycles. The standard InChI is InChI=1S/C16H32N2S/c1-4-9-17-13-10-15-7-6-8-16(11-13)18(15)14(5-2)12-19-3/h13-17H,4-12H2,1-3H3. The Kier molecular flexibility index (Phi) is 6.51. The van der Waals surface area contributed by atoms with Crippen LogP contribution in [0.1, 0.15) is 58.8 Å². The second-order valence-electron chi connectivity index (χ2n) is 6.33. The normalized spacial score (nSPS) is 33.3. The molecule has 2 bridgehead atoms. The highest BCUT2D eigenvalue weighted by Gasteiger charge is 2.40. The van der Waals surface area contributed by atoms with E-state index >= 15 is 0 Å². The van der Waals surface area contributed by atoms with Crippen molar-refractivity contribution in [2.75, 3.05) is 18.6 Å². The SMILES string of the molecule is CCCNC1CC2CCCC(C1)N2C(CC)CSC. The fraction of sp³-hybridized carbons (Fsp3) is 1.00. The van der Waals surface area contributed by atoms with Crippen LogP contribution in [-0.4, -0.2) is 47.6 Å². The van der Waals surface area contributed by atoms with Crippen LogP contribution in [-0.2, 0) is 0 Å². The molecule has 0 spiro atoms. The van der Waals surface area contributed by atoms with Crippen molar-refractivity contribution >= 4 is 11.8 Å². The lowest BCUT2D eigenvalue weighted by Crippen LogP contribution is -2.60. The van der Waals surface area contributed by atoms with Gasteiger partial charge >= 0.3 is 0 Å². The van der Waals surface area contributed by atoms with Gasteiger partial charge in [0.05, 0.1) is 0 Å². The molecule has 0 amide bonds. The second kappa shape index (κ2) is 7.90. The van der Waals surface area contributed by atoms with Gasteiger partial charge in [0.15, 0.2) is 0 Å². The van der Waals surface area contributed by atoms with Gasteiger partial charge in [-0.3, -0.25) is 4.90 Å². The number of hydrogen-bond donors (Lipinski definition) is 1. The summed E-state index contributed by atoms with van der Waals surface area (Å²) in [6.45, 7) is 5.85. The molecule has 0 aromatic rings. The van der Waals surface area contributed by atoms with Crippen LogP contribution in [0.25, 0.3) is 0 Å². The van der Waals surface area contributed by atoms with E-state index in [0.29, 0.717) is 0 Å². The van der Waals surface area contributed by atoms with Gasteiger partial charge in [0, 0.05) is 29.9 Å². The molecule has 0 aromatic carbocycles. The van der Waals surface area contributed by atoms with Gasteiger partial charge in [-0.2, -0.15) is 11.8 Å². The van der Waals surface area contributed by atoms with Gasteiger partial charge in [-0.1, -0.05) is 20.3 Å². The Hall–Kier alpha value is 0.270. The fourth-order valence-electron chi connectivity index (χ4n) is 4.14. The van der Waals surface area contributed by atoms with E-state index in [0.717, 1.165) is 24.2 Å². The highest BCUT2D eigenvalue weighted by molar-refractivity contribution is 7.98. The molecule has 0 aliphatic carbocycles. The van der Waals surface area contributed by atoms with E-state index in [4.69, 9.17) is 0 Å². The smallest absolute Gasteiger partial charge is 0.0189 e. The largest absolute Gasteiger partial charge is 0.314 e. The number of thioether (sulfide) groups is 1. The van der Waals surface area contributed by atoms with Gasteiger partial charge < -0.3 is 5.32 Å². The molecule has 1 N–H and O–H groups in total. The molecular formula is C16H32N2S. The Morgan fingerprint density at radius 3 is 2.42 bits per heavy atom. The number of piperidine rings is 2. The predicted molar refractivity (Wildman–Crippen MR) is 87.0 cm³/mol. The lowest BCUT2D eigenvalue weighted by atomic mass is 9.80. The number of hydrogen-bond acceptors (Lipinski definition) is 3. The van der Waals surface area contributed by atoms with Gasteiger partial charge in [-0.05, 0) is 51.3 Å². The quantitative estimate of drug-likeness (QED) is 0.770. The number of nitrogens with one attached hydrogen (secondary N) is 1. The van der Waals surface area contributed by atoms with Crippen molar-refractivity contribution in [2.24, 2.45) is 0 Å². The maximum absolute atomic E-state index is 3.78. The molecular weight excluding hydrogens is 252 g/mol. The first-order chi connectivity index (χ1) is 9.30. The first kappa shape index (κ1) is 15.7. The number of nitrogens with zero attached hydrogens (tertiary/aromatic N) is 1. The maximum atomic E-state index is 3.78. The molecule has 2 heterocycles. The average molecular weight is 285 g/mol. The van der Waals surface area contributed by atoms with E-state index < -0.39 is 0 Å². The van der Waals surface area contributed by atoms with Gasteiger partial charge in [0.2, 0.25) is 0 Å². The van der Waals surface area contributed by atoms with Gasteiger partial charge in [-0.15, -0.1) is 0 Å². The molecule has 2 saturated heterocycles. The van der Waals surface area contributed by atoms with E-state index in [1.54, 1.807) is 0 Å². The van der Waals surface area contributed by atoms with Gasteiger partial charge in [0.25, 0.3) is 0 Å². The molecule has 112 valence electrons. The van der Waals surface area contributed by atoms with Crippen LogP contribution >= 0.6 is 11.8 Å². The van der Waals surface area contributed by atoms with Gasteiger partial charge in [0.1, 0.15) is 0 Å². The summed E-state index contributed by atoms with van der Waals surface area (Å²) in [5.41, 5.74) is 0. The molecule has 2 rings (SSSR count). The Morgan fingerprint density at radius 1 is 1.21 bits per heavy atom. The molecule has 0 aromatic heterocycles. The van der Waals surface area contributed by atoms with Crippen LogP contribution in [0.3, 0.4) is 0 Å². The minimum atomic E-state index is 0.790. The van der Waals surface area contributed by atoms with E-state index in [-0.39, 0.29) is 0 Å². The zero-order chi connectivity index (χ0) is 13.7. The molecule has 19 heavy (non-hydrogen) atoms. The fourth-order valence-corrected chi connectivity index (χ4v) is 4.93. The summed E-state index contributed by atoms with van der Waals surface area (Å²) in [6, 6.07) is 3.33. The van der Waals surface area contributed by atoms with Crippen LogP contribution < -0.4 is 5.32 Å². The molecule has 2 nitrogen and oxygen atoms in total. The minimum Gasteiger partial charge on any atom is -0.314 e. The maximum Gasteiger partial charge on any atom is 0.0189 e. The van der Waals surface area contributed by atoms with Crippen molar-refractivity contribution in [1.82, 2.24) is 10.2 Å². The predicted octanol–water partition coefficient (Wildman–Crippen LogP) is 3.51. The summed E-state index contributed by atoms with van der Waals surface area (Å²) in [5.74, 6) is 1.32. The van der Waals surface area contributed by atoms with Crippen LogP contribution in [0.5, 0.6) is 0 Å². The zero-order valence-electron chi connectivity index (χ0n) is 13.0. The van der Waals surface area contributed by atoms with Crippen LogP contribution in [0.2, 0.25) is 0 Å². The van der Waals surface area contributed by atoms with E-state index in [1.807, 2.05) is 11.8 Å². The molecule has 3 atom stereocenters. The first-order valence-corrected chi connectivity index (χ1v) is 9.69. The monoisotopic (exact) mass is 284 g/mol. The van der Waals surface area contributed by atoms with Crippen molar-refractivity contribution < 1.29 is 0 Å². The van der Waals surface area contributed by atoms with Crippen molar-refractivity contribution in [2.45, 2.75) is 83.0 Å². The van der Waals surface area contributed by atoms with Gasteiger partial charge in [-0.25, -0.2) is 0 Å². The molecule has 3 unspecified atom stereocenters.